The highest BCUT2D eigenvalue weighted by molar-refractivity contribution is 5.96. The molecule has 0 aromatic heterocycles. The number of fused-ring (bicyclic) bond motifs is 1. The second kappa shape index (κ2) is 9.18. The van der Waals surface area contributed by atoms with Crippen LogP contribution < -0.4 is 19.6 Å². The highest BCUT2D eigenvalue weighted by Gasteiger charge is 2.19. The lowest BCUT2D eigenvalue weighted by Gasteiger charge is -2.08. The maximum atomic E-state index is 12.6. The number of amides is 1. The van der Waals surface area contributed by atoms with Crippen LogP contribution in [-0.2, 0) is 0 Å². The van der Waals surface area contributed by atoms with Crippen LogP contribution in [0.15, 0.2) is 65.8 Å². The van der Waals surface area contributed by atoms with E-state index < -0.39 is 16.8 Å². The third kappa shape index (κ3) is 4.96. The summed E-state index contributed by atoms with van der Waals surface area (Å²) in [5.41, 5.74) is 3.84. The number of rotatable bonds is 6. The zero-order valence-electron chi connectivity index (χ0n) is 17.3. The summed E-state index contributed by atoms with van der Waals surface area (Å²) in [5.74, 6) is -0.222. The van der Waals surface area contributed by atoms with Gasteiger partial charge in [-0.2, -0.15) is 5.10 Å². The summed E-state index contributed by atoms with van der Waals surface area (Å²) in [5, 5.41) is 15.0. The molecule has 33 heavy (non-hydrogen) atoms. The Labute approximate surface area is 187 Å². The van der Waals surface area contributed by atoms with Crippen LogP contribution in [0.25, 0.3) is 0 Å². The van der Waals surface area contributed by atoms with E-state index in [0.717, 1.165) is 5.56 Å². The molecule has 1 aliphatic heterocycles. The van der Waals surface area contributed by atoms with Crippen molar-refractivity contribution < 1.29 is 28.7 Å². The maximum Gasteiger partial charge on any atom is 0.343 e. The van der Waals surface area contributed by atoms with E-state index in [1.807, 2.05) is 6.92 Å². The number of nitrogens with zero attached hydrogens (tertiary/aromatic N) is 2. The summed E-state index contributed by atoms with van der Waals surface area (Å²) < 4.78 is 15.9. The molecular formula is C23H17N3O7. The van der Waals surface area contributed by atoms with Crippen molar-refractivity contribution in [3.05, 3.63) is 93.0 Å². The fraction of sp³-hybridized carbons (Fsp3) is 0.0870. The standard InChI is InChI=1S/C23H17N3O7/c1-14-2-4-15(5-3-14)22(27)25-24-12-17-10-18(26(29)30)7-9-19(17)33-23(28)16-6-8-20-21(11-16)32-13-31-20/h2-12H,13H2,1H3,(H,25,27). The summed E-state index contributed by atoms with van der Waals surface area (Å²) in [4.78, 5) is 35.4. The number of benzene rings is 3. The van der Waals surface area contributed by atoms with Crippen LogP contribution in [0.2, 0.25) is 0 Å². The summed E-state index contributed by atoms with van der Waals surface area (Å²) in [6.07, 6.45) is 1.17. The Morgan fingerprint density at radius 3 is 2.52 bits per heavy atom. The zero-order valence-corrected chi connectivity index (χ0v) is 17.3. The van der Waals surface area contributed by atoms with Crippen molar-refractivity contribution in [2.75, 3.05) is 6.79 Å². The highest BCUT2D eigenvalue weighted by atomic mass is 16.7. The number of non-ortho nitro benzene ring substituents is 1. The minimum atomic E-state index is -0.708. The number of hydrazone groups is 1. The smallest absolute Gasteiger partial charge is 0.343 e. The Morgan fingerprint density at radius 1 is 1.03 bits per heavy atom. The number of nitro groups is 1. The van der Waals surface area contributed by atoms with Gasteiger partial charge in [0, 0.05) is 23.3 Å². The van der Waals surface area contributed by atoms with E-state index in [2.05, 4.69) is 10.5 Å². The van der Waals surface area contributed by atoms with Crippen molar-refractivity contribution in [2.24, 2.45) is 5.10 Å². The first-order valence-electron chi connectivity index (χ1n) is 9.71. The molecular weight excluding hydrogens is 430 g/mol. The molecule has 0 spiro atoms. The minimum Gasteiger partial charge on any atom is -0.454 e. The van der Waals surface area contributed by atoms with Gasteiger partial charge in [-0.3, -0.25) is 14.9 Å². The molecule has 1 amide bonds. The van der Waals surface area contributed by atoms with Gasteiger partial charge in [-0.15, -0.1) is 0 Å². The average molecular weight is 447 g/mol. The van der Waals surface area contributed by atoms with Crippen molar-refractivity contribution >= 4 is 23.8 Å². The van der Waals surface area contributed by atoms with E-state index in [0.29, 0.717) is 17.1 Å². The van der Waals surface area contributed by atoms with Gasteiger partial charge in [-0.05, 0) is 43.3 Å². The molecule has 0 unspecified atom stereocenters. The van der Waals surface area contributed by atoms with E-state index in [1.54, 1.807) is 30.3 Å². The molecule has 0 saturated carbocycles. The lowest BCUT2D eigenvalue weighted by Crippen LogP contribution is -2.17. The molecule has 3 aromatic rings. The summed E-state index contributed by atoms with van der Waals surface area (Å²) >= 11 is 0. The quantitative estimate of drug-likeness (QED) is 0.201. The van der Waals surface area contributed by atoms with Gasteiger partial charge in [0.05, 0.1) is 16.7 Å². The van der Waals surface area contributed by atoms with Gasteiger partial charge in [-0.25, -0.2) is 10.2 Å². The summed E-state index contributed by atoms with van der Waals surface area (Å²) in [7, 11) is 0. The Morgan fingerprint density at radius 2 is 1.76 bits per heavy atom. The molecule has 0 aliphatic carbocycles. The van der Waals surface area contributed by atoms with Crippen molar-refractivity contribution in [1.82, 2.24) is 5.43 Å². The van der Waals surface area contributed by atoms with E-state index in [1.165, 1.54) is 36.5 Å². The minimum absolute atomic E-state index is 0.0246. The van der Waals surface area contributed by atoms with E-state index in [-0.39, 0.29) is 29.4 Å². The third-order valence-electron chi connectivity index (χ3n) is 4.70. The second-order valence-electron chi connectivity index (χ2n) is 7.00. The summed E-state index contributed by atoms with van der Waals surface area (Å²) in [6, 6.07) is 15.1. The van der Waals surface area contributed by atoms with Gasteiger partial charge in [0.15, 0.2) is 11.5 Å². The number of ether oxygens (including phenoxy) is 3. The topological polar surface area (TPSA) is 129 Å². The lowest BCUT2D eigenvalue weighted by molar-refractivity contribution is -0.384. The Balaban J connectivity index is 1.53. The van der Waals surface area contributed by atoms with Crippen molar-refractivity contribution in [3.8, 4) is 17.2 Å². The summed E-state index contributed by atoms with van der Waals surface area (Å²) in [6.45, 7) is 1.96. The predicted molar refractivity (Wildman–Crippen MR) is 117 cm³/mol. The van der Waals surface area contributed by atoms with Gasteiger partial charge in [0.2, 0.25) is 6.79 Å². The number of esters is 1. The largest absolute Gasteiger partial charge is 0.454 e. The van der Waals surface area contributed by atoms with Gasteiger partial charge in [0.25, 0.3) is 11.6 Å². The molecule has 1 aliphatic rings. The second-order valence-corrected chi connectivity index (χ2v) is 7.00. The normalized spacial score (nSPS) is 11.9. The SMILES string of the molecule is Cc1ccc(C(=O)NN=Cc2cc([N+](=O)[O-])ccc2OC(=O)c2ccc3c(c2)OCO3)cc1. The highest BCUT2D eigenvalue weighted by Crippen LogP contribution is 2.33. The third-order valence-corrected chi connectivity index (χ3v) is 4.70. The van der Waals surface area contributed by atoms with Gasteiger partial charge in [-0.1, -0.05) is 17.7 Å². The number of nitrogens with one attached hydrogen (secondary N) is 1. The number of hydrogen-bond acceptors (Lipinski definition) is 8. The van der Waals surface area contributed by atoms with Crippen LogP contribution in [0, 0.1) is 17.0 Å². The number of nitro benzene ring substituents is 1. The molecule has 0 fully saturated rings. The monoisotopic (exact) mass is 447 g/mol. The molecule has 0 atom stereocenters. The molecule has 0 radical (unpaired) electrons. The average Bonchev–Trinajstić information content (AvgIpc) is 3.28. The first kappa shape index (κ1) is 21.5. The molecule has 4 rings (SSSR count). The molecule has 166 valence electrons. The van der Waals surface area contributed by atoms with Gasteiger partial charge in [0.1, 0.15) is 5.75 Å². The van der Waals surface area contributed by atoms with Crippen molar-refractivity contribution in [3.63, 3.8) is 0 Å². The first-order chi connectivity index (χ1) is 15.9. The number of hydrogen-bond donors (Lipinski definition) is 1. The molecule has 1 heterocycles. The fourth-order valence-electron chi connectivity index (χ4n) is 2.96. The Bertz CT molecular complexity index is 1270. The van der Waals surface area contributed by atoms with Crippen LogP contribution in [0.3, 0.4) is 0 Å². The fourth-order valence-corrected chi connectivity index (χ4v) is 2.96. The van der Waals surface area contributed by atoms with Gasteiger partial charge < -0.3 is 14.2 Å². The number of aryl methyl sites for hydroxylation is 1. The van der Waals surface area contributed by atoms with E-state index in [4.69, 9.17) is 14.2 Å². The Hall–Kier alpha value is -4.73. The van der Waals surface area contributed by atoms with E-state index in [9.17, 15) is 19.7 Å². The first-order valence-corrected chi connectivity index (χ1v) is 9.71. The number of carbonyl (C=O) groups excluding carboxylic acids is 2. The van der Waals surface area contributed by atoms with Crippen LogP contribution >= 0.6 is 0 Å². The maximum absolute atomic E-state index is 12.6. The molecule has 0 saturated heterocycles. The van der Waals surface area contributed by atoms with Crippen LogP contribution in [-0.4, -0.2) is 29.8 Å². The van der Waals surface area contributed by atoms with Crippen molar-refractivity contribution in [1.29, 1.82) is 0 Å². The Kier molecular flexibility index (Phi) is 5.98. The molecule has 0 bridgehead atoms. The van der Waals surface area contributed by atoms with Crippen LogP contribution in [0.4, 0.5) is 5.69 Å². The van der Waals surface area contributed by atoms with Gasteiger partial charge >= 0.3 is 5.97 Å². The number of carbonyl (C=O) groups is 2. The molecule has 3 aromatic carbocycles. The van der Waals surface area contributed by atoms with Crippen LogP contribution in [0.5, 0.6) is 17.2 Å². The van der Waals surface area contributed by atoms with Crippen molar-refractivity contribution in [2.45, 2.75) is 6.92 Å². The molecule has 1 N–H and O–H groups in total. The lowest BCUT2D eigenvalue weighted by atomic mass is 10.1. The van der Waals surface area contributed by atoms with Crippen LogP contribution in [0.1, 0.15) is 31.8 Å². The predicted octanol–water partition coefficient (Wildman–Crippen LogP) is 3.62. The molecule has 10 nitrogen and oxygen atoms in total. The zero-order chi connectivity index (χ0) is 23.4. The molecule has 10 heteroatoms. The van der Waals surface area contributed by atoms with E-state index >= 15 is 0 Å².